The molecule has 4 rings (SSSR count). The number of nitrogens with zero attached hydrogens (tertiary/aromatic N) is 2. The second-order valence-electron chi connectivity index (χ2n) is 9.96. The molecule has 0 amide bonds. The lowest BCUT2D eigenvalue weighted by atomic mass is 9.83. The molecule has 4 nitrogen and oxygen atoms in total. The highest BCUT2D eigenvalue weighted by atomic mass is 19.4. The standard InChI is InChI=1S/C30H32F4N2O2/c1-35(21-22-9-4-2-5-10-22)27(20-26(31)28(37)23-11-6-3-7-12-23)36-17-15-29(38,16-18-36)24-13-8-14-25(19-24)30(32,33)34/h2-14,19,26-27,38H,15-18,20-21H2,1H3. The Labute approximate surface area is 220 Å². The van der Waals surface area contributed by atoms with E-state index >= 15 is 4.39 Å². The summed E-state index contributed by atoms with van der Waals surface area (Å²) in [6, 6.07) is 22.8. The molecule has 0 bridgehead atoms. The maximum absolute atomic E-state index is 15.4. The van der Waals surface area contributed by atoms with Crippen molar-refractivity contribution in [3.8, 4) is 0 Å². The van der Waals surface area contributed by atoms with E-state index in [0.717, 1.165) is 17.7 Å². The van der Waals surface area contributed by atoms with Crippen LogP contribution in [-0.2, 0) is 18.3 Å². The Hall–Kier alpha value is -3.07. The number of Topliss-reactive ketones (excluding diaryl/α,β-unsaturated/α-hetero) is 1. The van der Waals surface area contributed by atoms with E-state index in [2.05, 4.69) is 0 Å². The van der Waals surface area contributed by atoms with Gasteiger partial charge in [0.2, 0.25) is 0 Å². The van der Waals surface area contributed by atoms with Gasteiger partial charge in [0.1, 0.15) is 0 Å². The van der Waals surface area contributed by atoms with E-state index in [1.165, 1.54) is 12.1 Å². The molecule has 0 aliphatic carbocycles. The van der Waals surface area contributed by atoms with Crippen LogP contribution < -0.4 is 0 Å². The molecule has 1 heterocycles. The Kier molecular flexibility index (Phi) is 8.65. The maximum Gasteiger partial charge on any atom is 0.416 e. The van der Waals surface area contributed by atoms with Crippen LogP contribution in [0, 0.1) is 0 Å². The van der Waals surface area contributed by atoms with Crippen molar-refractivity contribution in [1.29, 1.82) is 0 Å². The van der Waals surface area contributed by atoms with Gasteiger partial charge in [-0.15, -0.1) is 0 Å². The Morgan fingerprint density at radius 1 is 0.974 bits per heavy atom. The number of halogens is 4. The lowest BCUT2D eigenvalue weighted by molar-refractivity contribution is -0.137. The third-order valence-corrected chi connectivity index (χ3v) is 7.32. The van der Waals surface area contributed by atoms with Crippen molar-refractivity contribution < 1.29 is 27.5 Å². The van der Waals surface area contributed by atoms with Crippen LogP contribution in [0.1, 0.15) is 46.3 Å². The molecule has 2 atom stereocenters. The molecule has 0 saturated carbocycles. The molecule has 1 saturated heterocycles. The minimum Gasteiger partial charge on any atom is -0.385 e. The molecule has 3 aromatic rings. The smallest absolute Gasteiger partial charge is 0.385 e. The average molecular weight is 529 g/mol. The third kappa shape index (κ3) is 6.67. The number of rotatable bonds is 9. The molecule has 0 aromatic heterocycles. The highest BCUT2D eigenvalue weighted by Gasteiger charge is 2.40. The fourth-order valence-electron chi connectivity index (χ4n) is 5.13. The molecular weight excluding hydrogens is 496 g/mol. The number of alkyl halides is 4. The minimum atomic E-state index is -4.50. The minimum absolute atomic E-state index is 0.0704. The Morgan fingerprint density at radius 3 is 2.18 bits per heavy atom. The molecule has 1 aliphatic rings. The number of hydrogen-bond donors (Lipinski definition) is 1. The van der Waals surface area contributed by atoms with Crippen LogP contribution in [-0.4, -0.2) is 53.2 Å². The lowest BCUT2D eigenvalue weighted by Gasteiger charge is -2.45. The Morgan fingerprint density at radius 2 is 1.58 bits per heavy atom. The van der Waals surface area contributed by atoms with E-state index in [9.17, 15) is 23.1 Å². The molecule has 202 valence electrons. The van der Waals surface area contributed by atoms with Crippen molar-refractivity contribution in [1.82, 2.24) is 9.80 Å². The quantitative estimate of drug-likeness (QED) is 0.271. The molecule has 0 radical (unpaired) electrons. The van der Waals surface area contributed by atoms with E-state index in [4.69, 9.17) is 0 Å². The fourth-order valence-corrected chi connectivity index (χ4v) is 5.13. The Bertz CT molecular complexity index is 1200. The van der Waals surface area contributed by atoms with Gasteiger partial charge in [0.05, 0.1) is 17.3 Å². The molecule has 1 fully saturated rings. The summed E-state index contributed by atoms with van der Waals surface area (Å²) in [5, 5.41) is 11.3. The number of carbonyl (C=O) groups is 1. The van der Waals surface area contributed by atoms with Gasteiger partial charge in [-0.2, -0.15) is 13.2 Å². The number of aliphatic hydroxyl groups is 1. The van der Waals surface area contributed by atoms with Gasteiger partial charge in [-0.25, -0.2) is 4.39 Å². The van der Waals surface area contributed by atoms with Gasteiger partial charge in [-0.05, 0) is 43.1 Å². The summed E-state index contributed by atoms with van der Waals surface area (Å²) in [5.74, 6) is -0.582. The van der Waals surface area contributed by atoms with E-state index in [0.29, 0.717) is 25.2 Å². The van der Waals surface area contributed by atoms with Crippen LogP contribution >= 0.6 is 0 Å². The zero-order chi connectivity index (χ0) is 27.3. The molecule has 8 heteroatoms. The van der Waals surface area contributed by atoms with Crippen molar-refractivity contribution in [2.75, 3.05) is 20.1 Å². The van der Waals surface area contributed by atoms with Crippen LogP contribution in [0.4, 0.5) is 17.6 Å². The van der Waals surface area contributed by atoms with Gasteiger partial charge in [0.15, 0.2) is 12.0 Å². The number of hydrogen-bond acceptors (Lipinski definition) is 4. The van der Waals surface area contributed by atoms with Crippen molar-refractivity contribution in [3.63, 3.8) is 0 Å². The van der Waals surface area contributed by atoms with Crippen molar-refractivity contribution in [2.24, 2.45) is 0 Å². The van der Waals surface area contributed by atoms with E-state index in [1.807, 2.05) is 47.2 Å². The zero-order valence-electron chi connectivity index (χ0n) is 21.2. The fraction of sp³-hybridized carbons (Fsp3) is 0.367. The van der Waals surface area contributed by atoms with Crippen LogP contribution in [0.15, 0.2) is 84.9 Å². The van der Waals surface area contributed by atoms with E-state index in [-0.39, 0.29) is 24.8 Å². The van der Waals surface area contributed by atoms with Crippen LogP contribution in [0.2, 0.25) is 0 Å². The largest absolute Gasteiger partial charge is 0.416 e. The number of benzene rings is 3. The van der Waals surface area contributed by atoms with Gasteiger partial charge in [-0.3, -0.25) is 14.6 Å². The maximum atomic E-state index is 15.4. The second kappa shape index (κ2) is 11.8. The SMILES string of the molecule is CN(Cc1ccccc1)C(CC(F)C(=O)c1ccccc1)N1CCC(O)(c2cccc(C(F)(F)F)c2)CC1. The van der Waals surface area contributed by atoms with Crippen LogP contribution in [0.25, 0.3) is 0 Å². The van der Waals surface area contributed by atoms with E-state index < -0.39 is 35.5 Å². The Balaban J connectivity index is 1.51. The highest BCUT2D eigenvalue weighted by molar-refractivity contribution is 5.99. The number of piperidine rings is 1. The molecule has 0 spiro atoms. The van der Waals surface area contributed by atoms with Gasteiger partial charge < -0.3 is 5.11 Å². The molecule has 1 aliphatic heterocycles. The molecule has 3 aromatic carbocycles. The third-order valence-electron chi connectivity index (χ3n) is 7.32. The number of ketones is 1. The summed E-state index contributed by atoms with van der Waals surface area (Å²) in [7, 11) is 1.87. The summed E-state index contributed by atoms with van der Waals surface area (Å²) in [4.78, 5) is 16.8. The molecule has 1 N–H and O–H groups in total. The summed E-state index contributed by atoms with van der Waals surface area (Å²) in [5.41, 5.74) is -0.658. The summed E-state index contributed by atoms with van der Waals surface area (Å²) >= 11 is 0. The molecule has 2 unspecified atom stereocenters. The monoisotopic (exact) mass is 528 g/mol. The second-order valence-corrected chi connectivity index (χ2v) is 9.96. The summed E-state index contributed by atoms with van der Waals surface area (Å²) < 4.78 is 55.1. The average Bonchev–Trinajstić information content (AvgIpc) is 2.92. The first kappa shape index (κ1) is 28.0. The topological polar surface area (TPSA) is 43.8 Å². The molecular formula is C30H32F4N2O2. The van der Waals surface area contributed by atoms with Crippen molar-refractivity contribution in [3.05, 3.63) is 107 Å². The number of likely N-dealkylation sites (tertiary alicyclic amines) is 1. The predicted molar refractivity (Wildman–Crippen MR) is 138 cm³/mol. The summed E-state index contributed by atoms with van der Waals surface area (Å²) in [6.07, 6.45) is -6.38. The normalized spacial score (nSPS) is 17.8. The highest BCUT2D eigenvalue weighted by Crippen LogP contribution is 2.37. The van der Waals surface area contributed by atoms with Gasteiger partial charge in [0, 0.05) is 31.6 Å². The first-order valence-corrected chi connectivity index (χ1v) is 12.7. The van der Waals surface area contributed by atoms with E-state index in [1.54, 1.807) is 30.3 Å². The van der Waals surface area contributed by atoms with Crippen LogP contribution in [0.5, 0.6) is 0 Å². The first-order valence-electron chi connectivity index (χ1n) is 12.7. The predicted octanol–water partition coefficient (Wildman–Crippen LogP) is 6.06. The molecule has 38 heavy (non-hydrogen) atoms. The zero-order valence-corrected chi connectivity index (χ0v) is 21.2. The van der Waals surface area contributed by atoms with Crippen LogP contribution in [0.3, 0.4) is 0 Å². The van der Waals surface area contributed by atoms with Gasteiger partial charge in [0.25, 0.3) is 0 Å². The summed E-state index contributed by atoms with van der Waals surface area (Å²) in [6.45, 7) is 1.19. The van der Waals surface area contributed by atoms with Gasteiger partial charge in [-0.1, -0.05) is 72.8 Å². The van der Waals surface area contributed by atoms with Crippen molar-refractivity contribution >= 4 is 5.78 Å². The number of carbonyl (C=O) groups excluding carboxylic acids is 1. The lowest BCUT2D eigenvalue weighted by Crippen LogP contribution is -2.53. The van der Waals surface area contributed by atoms with Gasteiger partial charge >= 0.3 is 6.18 Å². The first-order chi connectivity index (χ1) is 18.1. The van der Waals surface area contributed by atoms with Crippen molar-refractivity contribution in [2.45, 2.75) is 49.9 Å².